The smallest absolute Gasteiger partial charge is 0.389 e. The molecule has 11 heavy (non-hydrogen) atoms. The normalized spacial score (nSPS) is 36.3. The number of alkyl halides is 1. The van der Waals surface area contributed by atoms with Crippen molar-refractivity contribution in [1.29, 1.82) is 0 Å². The molecule has 1 unspecified atom stereocenters. The lowest BCUT2D eigenvalue weighted by Crippen LogP contribution is -2.38. The summed E-state index contributed by atoms with van der Waals surface area (Å²) in [6.07, 6.45) is 0. The third-order valence-corrected chi connectivity index (χ3v) is 3.53. The fourth-order valence-corrected chi connectivity index (χ4v) is 1.12. The Morgan fingerprint density at radius 2 is 1.82 bits per heavy atom. The van der Waals surface area contributed by atoms with Crippen LogP contribution in [0.3, 0.4) is 0 Å². The summed E-state index contributed by atoms with van der Waals surface area (Å²) in [6.45, 7) is 5.95. The van der Waals surface area contributed by atoms with E-state index in [-0.39, 0.29) is 9.21 Å². The first-order valence-electron chi connectivity index (χ1n) is 3.46. The zero-order chi connectivity index (χ0) is 8.70. The Balaban J connectivity index is 2.72. The van der Waals surface area contributed by atoms with Gasteiger partial charge in [0.25, 0.3) is 0 Å². The van der Waals surface area contributed by atoms with E-state index in [1.165, 1.54) is 0 Å². The SMILES string of the molecule is COB1OC(C)(C)C(C)(I)O1. The van der Waals surface area contributed by atoms with Crippen LogP contribution in [0.1, 0.15) is 20.8 Å². The minimum absolute atomic E-state index is 0.297. The molecule has 0 aromatic rings. The van der Waals surface area contributed by atoms with Crippen molar-refractivity contribution in [3.8, 4) is 0 Å². The van der Waals surface area contributed by atoms with Crippen LogP contribution < -0.4 is 0 Å². The van der Waals surface area contributed by atoms with E-state index in [1.807, 2.05) is 20.8 Å². The van der Waals surface area contributed by atoms with Crippen LogP contribution in [0.2, 0.25) is 0 Å². The van der Waals surface area contributed by atoms with Crippen LogP contribution in [0.15, 0.2) is 0 Å². The molecule has 1 fully saturated rings. The number of rotatable bonds is 1. The highest BCUT2D eigenvalue weighted by molar-refractivity contribution is 14.1. The molecule has 1 saturated heterocycles. The van der Waals surface area contributed by atoms with Crippen molar-refractivity contribution in [2.75, 3.05) is 7.11 Å². The first-order chi connectivity index (χ1) is 4.89. The first kappa shape index (κ1) is 9.76. The van der Waals surface area contributed by atoms with Gasteiger partial charge in [-0.05, 0) is 43.4 Å². The van der Waals surface area contributed by atoms with Crippen LogP contribution in [0.5, 0.6) is 0 Å². The molecule has 0 aromatic heterocycles. The average Bonchev–Trinajstić information content (AvgIpc) is 2.03. The summed E-state index contributed by atoms with van der Waals surface area (Å²) >= 11 is 2.22. The van der Waals surface area contributed by atoms with E-state index in [1.54, 1.807) is 7.11 Å². The van der Waals surface area contributed by atoms with Crippen molar-refractivity contribution in [2.24, 2.45) is 0 Å². The van der Waals surface area contributed by atoms with Gasteiger partial charge in [0.1, 0.15) is 3.61 Å². The maximum absolute atomic E-state index is 5.46. The van der Waals surface area contributed by atoms with Crippen molar-refractivity contribution < 1.29 is 14.0 Å². The van der Waals surface area contributed by atoms with Gasteiger partial charge in [-0.1, -0.05) is 0 Å². The van der Waals surface area contributed by atoms with Gasteiger partial charge < -0.3 is 14.0 Å². The van der Waals surface area contributed by atoms with E-state index in [2.05, 4.69) is 22.6 Å². The second-order valence-electron chi connectivity index (χ2n) is 3.19. The quantitative estimate of drug-likeness (QED) is 0.411. The van der Waals surface area contributed by atoms with E-state index in [9.17, 15) is 0 Å². The van der Waals surface area contributed by atoms with E-state index in [0.29, 0.717) is 0 Å². The van der Waals surface area contributed by atoms with Crippen molar-refractivity contribution in [3.05, 3.63) is 0 Å². The third-order valence-electron chi connectivity index (χ3n) is 1.98. The van der Waals surface area contributed by atoms with Gasteiger partial charge in [0.15, 0.2) is 0 Å². The molecule has 0 spiro atoms. The summed E-state index contributed by atoms with van der Waals surface area (Å²) in [5, 5.41) is 0. The lowest BCUT2D eigenvalue weighted by Gasteiger charge is -2.29. The fourth-order valence-electron chi connectivity index (χ4n) is 0.789. The largest absolute Gasteiger partial charge is 0.640 e. The lowest BCUT2D eigenvalue weighted by molar-refractivity contribution is 0.0701. The van der Waals surface area contributed by atoms with Crippen molar-refractivity contribution >= 4 is 29.9 Å². The summed E-state index contributed by atoms with van der Waals surface area (Å²) in [5.74, 6) is 0. The van der Waals surface area contributed by atoms with Gasteiger partial charge in [-0.25, -0.2) is 0 Å². The van der Waals surface area contributed by atoms with Crippen LogP contribution in [0.25, 0.3) is 0 Å². The van der Waals surface area contributed by atoms with Gasteiger partial charge in [-0.3, -0.25) is 0 Å². The molecule has 1 heterocycles. The van der Waals surface area contributed by atoms with Crippen molar-refractivity contribution in [3.63, 3.8) is 0 Å². The van der Waals surface area contributed by atoms with Crippen LogP contribution >= 0.6 is 22.6 Å². The Labute approximate surface area is 81.1 Å². The van der Waals surface area contributed by atoms with Gasteiger partial charge in [-0.15, -0.1) is 0 Å². The Morgan fingerprint density at radius 3 is 2.00 bits per heavy atom. The molecule has 0 radical (unpaired) electrons. The fraction of sp³-hybridized carbons (Fsp3) is 1.00. The second-order valence-corrected chi connectivity index (χ2v) is 5.25. The summed E-state index contributed by atoms with van der Waals surface area (Å²) in [5.41, 5.74) is -0.297. The second kappa shape index (κ2) is 2.87. The van der Waals surface area contributed by atoms with Crippen LogP contribution in [-0.2, 0) is 14.0 Å². The Hall–Kier alpha value is 0.675. The van der Waals surface area contributed by atoms with E-state index >= 15 is 0 Å². The molecule has 64 valence electrons. The molecular weight excluding hydrogens is 258 g/mol. The molecule has 0 aliphatic carbocycles. The minimum Gasteiger partial charge on any atom is -0.389 e. The lowest BCUT2D eigenvalue weighted by atomic mass is 10.0. The molecule has 0 aromatic carbocycles. The summed E-state index contributed by atoms with van der Waals surface area (Å²) < 4.78 is 15.5. The van der Waals surface area contributed by atoms with Crippen LogP contribution in [0, 0.1) is 0 Å². The Morgan fingerprint density at radius 1 is 1.27 bits per heavy atom. The van der Waals surface area contributed by atoms with E-state index < -0.39 is 7.32 Å². The molecule has 1 aliphatic rings. The van der Waals surface area contributed by atoms with E-state index in [4.69, 9.17) is 14.0 Å². The molecule has 1 aliphatic heterocycles. The Kier molecular flexibility index (Phi) is 2.54. The van der Waals surface area contributed by atoms with Gasteiger partial charge in [0.05, 0.1) is 5.60 Å². The molecular formula is C6H12BIO3. The number of hydrogen-bond donors (Lipinski definition) is 0. The number of halogens is 1. The molecule has 0 saturated carbocycles. The van der Waals surface area contributed by atoms with Crippen LogP contribution in [-0.4, -0.2) is 23.6 Å². The predicted molar refractivity (Wildman–Crippen MR) is 51.4 cm³/mol. The van der Waals surface area contributed by atoms with Gasteiger partial charge in [0.2, 0.25) is 0 Å². The zero-order valence-electron chi connectivity index (χ0n) is 7.18. The topological polar surface area (TPSA) is 27.7 Å². The standard InChI is InChI=1S/C6H12BIO3/c1-5(2)6(3,8)11-7(9-4)10-5/h1-4H3. The molecule has 0 amide bonds. The minimum atomic E-state index is -0.521. The van der Waals surface area contributed by atoms with E-state index in [0.717, 1.165) is 0 Å². The average molecular weight is 270 g/mol. The maximum Gasteiger partial charge on any atom is 0.640 e. The summed E-state index contributed by atoms with van der Waals surface area (Å²) in [6, 6.07) is 0. The Bertz CT molecular complexity index is 144. The van der Waals surface area contributed by atoms with Crippen molar-refractivity contribution in [1.82, 2.24) is 0 Å². The van der Waals surface area contributed by atoms with Gasteiger partial charge in [-0.2, -0.15) is 0 Å². The van der Waals surface area contributed by atoms with Gasteiger partial charge in [0, 0.05) is 7.11 Å². The molecule has 0 N–H and O–H groups in total. The third kappa shape index (κ3) is 1.71. The first-order valence-corrected chi connectivity index (χ1v) is 4.54. The molecule has 0 bridgehead atoms. The molecule has 1 atom stereocenters. The molecule has 5 heteroatoms. The molecule has 3 nitrogen and oxygen atoms in total. The summed E-state index contributed by atoms with van der Waals surface area (Å²) in [4.78, 5) is 0. The zero-order valence-corrected chi connectivity index (χ0v) is 9.34. The highest BCUT2D eigenvalue weighted by Gasteiger charge is 2.54. The monoisotopic (exact) mass is 270 g/mol. The highest BCUT2D eigenvalue weighted by atomic mass is 127. The molecule has 1 rings (SSSR count). The highest BCUT2D eigenvalue weighted by Crippen LogP contribution is 2.42. The van der Waals surface area contributed by atoms with Crippen LogP contribution in [0.4, 0.5) is 0 Å². The maximum atomic E-state index is 5.46. The number of hydrogen-bond acceptors (Lipinski definition) is 3. The van der Waals surface area contributed by atoms with Gasteiger partial charge >= 0.3 is 7.32 Å². The predicted octanol–water partition coefficient (Wildman–Crippen LogP) is 1.59. The summed E-state index contributed by atoms with van der Waals surface area (Å²) in [7, 11) is 1.05. The van der Waals surface area contributed by atoms with Crippen molar-refractivity contribution in [2.45, 2.75) is 30.0 Å².